The number of rotatable bonds is 9. The van der Waals surface area contributed by atoms with Crippen molar-refractivity contribution in [2.75, 3.05) is 39.3 Å². The Bertz CT molecular complexity index is 725. The Hall–Kier alpha value is -2.21. The van der Waals surface area contributed by atoms with Crippen molar-refractivity contribution >= 4 is 5.78 Å². The standard InChI is InChI=1S/C23H30N2O3/c1-2-23(27)20-8-10-22(11-9-20)28-18-21(26)17-25-14-12-24(13-15-25)16-19-6-4-3-5-7-19/h3-11,21,26H,2,12-18H2,1H3/t21-/m0/s1. The topological polar surface area (TPSA) is 53.0 Å². The minimum Gasteiger partial charge on any atom is -0.491 e. The number of hydrogen-bond acceptors (Lipinski definition) is 5. The van der Waals surface area contributed by atoms with Crippen LogP contribution in [0.25, 0.3) is 0 Å². The van der Waals surface area contributed by atoms with E-state index >= 15 is 0 Å². The first kappa shape index (κ1) is 20.5. The van der Waals surface area contributed by atoms with Crippen LogP contribution in [0.2, 0.25) is 0 Å². The summed E-state index contributed by atoms with van der Waals surface area (Å²) in [7, 11) is 0. The van der Waals surface area contributed by atoms with Gasteiger partial charge in [-0.25, -0.2) is 0 Å². The largest absolute Gasteiger partial charge is 0.491 e. The molecule has 0 amide bonds. The molecular formula is C23H30N2O3. The fourth-order valence-corrected chi connectivity index (χ4v) is 3.46. The lowest BCUT2D eigenvalue weighted by Crippen LogP contribution is -2.48. The van der Waals surface area contributed by atoms with Crippen LogP contribution in [0.15, 0.2) is 54.6 Å². The van der Waals surface area contributed by atoms with Gasteiger partial charge in [-0.05, 0) is 29.8 Å². The van der Waals surface area contributed by atoms with Gasteiger partial charge in [-0.2, -0.15) is 0 Å². The summed E-state index contributed by atoms with van der Waals surface area (Å²) in [5.41, 5.74) is 2.04. The normalized spacial score (nSPS) is 16.6. The maximum absolute atomic E-state index is 11.6. The predicted octanol–water partition coefficient (Wildman–Crippen LogP) is 2.84. The molecule has 1 atom stereocenters. The minimum atomic E-state index is -0.530. The van der Waals surface area contributed by atoms with E-state index in [1.54, 1.807) is 24.3 Å². The second-order valence-electron chi connectivity index (χ2n) is 7.33. The summed E-state index contributed by atoms with van der Waals surface area (Å²) in [6.07, 6.45) is -0.0324. The van der Waals surface area contributed by atoms with Crippen LogP contribution in [0.1, 0.15) is 29.3 Å². The Balaban J connectivity index is 1.36. The smallest absolute Gasteiger partial charge is 0.162 e. The summed E-state index contributed by atoms with van der Waals surface area (Å²) < 4.78 is 5.68. The number of ether oxygens (including phenoxy) is 1. The molecule has 1 fully saturated rings. The summed E-state index contributed by atoms with van der Waals surface area (Å²) in [6, 6.07) is 17.7. The van der Waals surface area contributed by atoms with Crippen LogP contribution in [-0.4, -0.2) is 66.1 Å². The van der Waals surface area contributed by atoms with E-state index in [0.717, 1.165) is 32.7 Å². The number of benzene rings is 2. The molecule has 1 N–H and O–H groups in total. The Morgan fingerprint density at radius 3 is 2.29 bits per heavy atom. The van der Waals surface area contributed by atoms with Crippen LogP contribution in [0.5, 0.6) is 5.75 Å². The first-order chi connectivity index (χ1) is 13.6. The molecule has 0 radical (unpaired) electrons. The van der Waals surface area contributed by atoms with Crippen molar-refractivity contribution < 1.29 is 14.6 Å². The number of piperazine rings is 1. The number of carbonyl (C=O) groups excluding carboxylic acids is 1. The molecule has 0 bridgehead atoms. The van der Waals surface area contributed by atoms with E-state index in [1.165, 1.54) is 5.56 Å². The molecule has 150 valence electrons. The zero-order valence-electron chi connectivity index (χ0n) is 16.6. The third kappa shape index (κ3) is 6.16. The van der Waals surface area contributed by atoms with E-state index in [-0.39, 0.29) is 12.4 Å². The Kier molecular flexibility index (Phi) is 7.60. The number of nitrogens with zero attached hydrogens (tertiary/aromatic N) is 2. The van der Waals surface area contributed by atoms with Crippen molar-refractivity contribution in [1.82, 2.24) is 9.80 Å². The third-order valence-corrected chi connectivity index (χ3v) is 5.12. The molecular weight excluding hydrogens is 352 g/mol. The third-order valence-electron chi connectivity index (χ3n) is 5.12. The fraction of sp³-hybridized carbons (Fsp3) is 0.435. The lowest BCUT2D eigenvalue weighted by atomic mass is 10.1. The Labute approximate surface area is 167 Å². The van der Waals surface area contributed by atoms with Gasteiger partial charge < -0.3 is 9.84 Å². The highest BCUT2D eigenvalue weighted by molar-refractivity contribution is 5.95. The number of β-amino-alcohol motifs (C(OH)–C–C–N with tert-alkyl or cyclic N) is 1. The molecule has 1 saturated heterocycles. The quantitative estimate of drug-likeness (QED) is 0.676. The van der Waals surface area contributed by atoms with Crippen LogP contribution >= 0.6 is 0 Å². The van der Waals surface area contributed by atoms with E-state index in [9.17, 15) is 9.90 Å². The van der Waals surface area contributed by atoms with Crippen LogP contribution < -0.4 is 4.74 Å². The van der Waals surface area contributed by atoms with Crippen molar-refractivity contribution in [3.05, 3.63) is 65.7 Å². The van der Waals surface area contributed by atoms with Crippen LogP contribution in [0.3, 0.4) is 0 Å². The first-order valence-electron chi connectivity index (χ1n) is 10.1. The van der Waals surface area contributed by atoms with Gasteiger partial charge in [-0.3, -0.25) is 14.6 Å². The van der Waals surface area contributed by atoms with Gasteiger partial charge in [0.05, 0.1) is 0 Å². The molecule has 1 aliphatic rings. The number of carbonyl (C=O) groups is 1. The van der Waals surface area contributed by atoms with E-state index in [1.807, 2.05) is 13.0 Å². The molecule has 3 rings (SSSR count). The first-order valence-corrected chi connectivity index (χ1v) is 10.1. The molecule has 5 heteroatoms. The van der Waals surface area contributed by atoms with Crippen molar-refractivity contribution in [2.24, 2.45) is 0 Å². The second-order valence-corrected chi connectivity index (χ2v) is 7.33. The lowest BCUT2D eigenvalue weighted by molar-refractivity contribution is 0.0446. The monoisotopic (exact) mass is 382 g/mol. The highest BCUT2D eigenvalue weighted by atomic mass is 16.5. The van der Waals surface area contributed by atoms with Crippen LogP contribution in [0.4, 0.5) is 0 Å². The maximum atomic E-state index is 11.6. The summed E-state index contributed by atoms with van der Waals surface area (Å²) in [6.45, 7) is 7.64. The molecule has 0 unspecified atom stereocenters. The summed E-state index contributed by atoms with van der Waals surface area (Å²) in [5.74, 6) is 0.803. The molecule has 0 aromatic heterocycles. The highest BCUT2D eigenvalue weighted by Gasteiger charge is 2.19. The van der Waals surface area contributed by atoms with E-state index in [0.29, 0.717) is 24.3 Å². The number of aliphatic hydroxyl groups excluding tert-OH is 1. The van der Waals surface area contributed by atoms with Gasteiger partial charge in [0.25, 0.3) is 0 Å². The molecule has 2 aromatic carbocycles. The van der Waals surface area contributed by atoms with E-state index in [4.69, 9.17) is 4.74 Å². The lowest BCUT2D eigenvalue weighted by Gasteiger charge is -2.35. The Morgan fingerprint density at radius 1 is 1.00 bits per heavy atom. The van der Waals surface area contributed by atoms with Crippen molar-refractivity contribution in [1.29, 1.82) is 0 Å². The van der Waals surface area contributed by atoms with Crippen molar-refractivity contribution in [2.45, 2.75) is 26.0 Å². The molecule has 1 heterocycles. The summed E-state index contributed by atoms with van der Waals surface area (Å²) >= 11 is 0. The molecule has 0 saturated carbocycles. The second kappa shape index (κ2) is 10.4. The number of ketones is 1. The van der Waals surface area contributed by atoms with Gasteiger partial charge in [-0.1, -0.05) is 37.3 Å². The predicted molar refractivity (Wildman–Crippen MR) is 111 cm³/mol. The van der Waals surface area contributed by atoms with Crippen molar-refractivity contribution in [3.8, 4) is 5.75 Å². The maximum Gasteiger partial charge on any atom is 0.162 e. The van der Waals surface area contributed by atoms with Gasteiger partial charge in [-0.15, -0.1) is 0 Å². The average Bonchev–Trinajstić information content (AvgIpc) is 2.74. The number of aliphatic hydroxyl groups is 1. The van der Waals surface area contributed by atoms with Gasteiger partial charge in [0, 0.05) is 51.3 Å². The van der Waals surface area contributed by atoms with Crippen LogP contribution in [0, 0.1) is 0 Å². The van der Waals surface area contributed by atoms with Crippen molar-refractivity contribution in [3.63, 3.8) is 0 Å². The van der Waals surface area contributed by atoms with E-state index in [2.05, 4.69) is 34.1 Å². The zero-order chi connectivity index (χ0) is 19.8. The minimum absolute atomic E-state index is 0.123. The van der Waals surface area contributed by atoms with Gasteiger partial charge in [0.1, 0.15) is 18.5 Å². The molecule has 5 nitrogen and oxygen atoms in total. The Morgan fingerprint density at radius 2 is 1.64 bits per heavy atom. The molecule has 28 heavy (non-hydrogen) atoms. The van der Waals surface area contributed by atoms with Gasteiger partial charge in [0.15, 0.2) is 5.78 Å². The zero-order valence-corrected chi connectivity index (χ0v) is 16.6. The average molecular weight is 383 g/mol. The SMILES string of the molecule is CCC(=O)c1ccc(OC[C@@H](O)CN2CCN(Cc3ccccc3)CC2)cc1. The highest BCUT2D eigenvalue weighted by Crippen LogP contribution is 2.14. The molecule has 1 aliphatic heterocycles. The van der Waals surface area contributed by atoms with Crippen LogP contribution in [-0.2, 0) is 6.54 Å². The summed E-state index contributed by atoms with van der Waals surface area (Å²) in [5, 5.41) is 10.3. The van der Waals surface area contributed by atoms with E-state index < -0.39 is 6.10 Å². The van der Waals surface area contributed by atoms with Gasteiger partial charge >= 0.3 is 0 Å². The summed E-state index contributed by atoms with van der Waals surface area (Å²) in [4.78, 5) is 16.4. The molecule has 0 spiro atoms. The fourth-order valence-electron chi connectivity index (χ4n) is 3.46. The number of Topliss-reactive ketones (excluding diaryl/α,β-unsaturated/α-hetero) is 1. The molecule has 0 aliphatic carbocycles. The van der Waals surface area contributed by atoms with Gasteiger partial charge in [0.2, 0.25) is 0 Å². The molecule has 2 aromatic rings. The number of hydrogen-bond donors (Lipinski definition) is 1.